The van der Waals surface area contributed by atoms with Crippen LogP contribution in [-0.4, -0.2) is 17.1 Å². The topological polar surface area (TPSA) is 61.0 Å². The van der Waals surface area contributed by atoms with Crippen molar-refractivity contribution >= 4 is 17.6 Å². The number of para-hydroxylation sites is 1. The maximum atomic E-state index is 5.75. The van der Waals surface area contributed by atoms with Crippen molar-refractivity contribution in [3.05, 3.63) is 36.2 Å². The third-order valence-electron chi connectivity index (χ3n) is 2.35. The second-order valence-corrected chi connectivity index (χ2v) is 4.47. The highest BCUT2D eigenvalue weighted by Crippen LogP contribution is 2.35. The van der Waals surface area contributed by atoms with Crippen LogP contribution in [0.25, 0.3) is 0 Å². The number of nitrogens with two attached hydrogens (primary N) is 1. The number of anilines is 1. The van der Waals surface area contributed by atoms with Gasteiger partial charge in [0, 0.05) is 5.56 Å². The summed E-state index contributed by atoms with van der Waals surface area (Å²) < 4.78 is 5.29. The van der Waals surface area contributed by atoms with Crippen molar-refractivity contribution in [3.8, 4) is 5.75 Å². The molecular weight excluding hydrogens is 234 g/mol. The molecule has 1 aromatic carbocycles. The number of methoxy groups -OCH3 is 1. The molecule has 0 bridgehead atoms. The summed E-state index contributed by atoms with van der Waals surface area (Å²) >= 11 is 1.52. The van der Waals surface area contributed by atoms with Crippen molar-refractivity contribution in [2.75, 3.05) is 12.8 Å². The molecule has 0 atom stereocenters. The summed E-state index contributed by atoms with van der Waals surface area (Å²) in [4.78, 5) is 9.18. The zero-order valence-electron chi connectivity index (χ0n) is 9.68. The summed E-state index contributed by atoms with van der Waals surface area (Å²) in [6.45, 7) is 1.91. The van der Waals surface area contributed by atoms with Gasteiger partial charge in [-0.2, -0.15) is 0 Å². The lowest BCUT2D eigenvalue weighted by atomic mass is 10.3. The van der Waals surface area contributed by atoms with Crippen molar-refractivity contribution in [2.24, 2.45) is 0 Å². The number of benzene rings is 1. The number of aromatic nitrogens is 2. The molecule has 0 saturated carbocycles. The molecule has 0 saturated heterocycles. The zero-order chi connectivity index (χ0) is 12.3. The average molecular weight is 247 g/mol. The van der Waals surface area contributed by atoms with E-state index in [-0.39, 0.29) is 0 Å². The first-order valence-corrected chi connectivity index (χ1v) is 5.92. The minimum atomic E-state index is 0.511. The monoisotopic (exact) mass is 247 g/mol. The van der Waals surface area contributed by atoms with Crippen LogP contribution in [-0.2, 0) is 0 Å². The lowest BCUT2D eigenvalue weighted by Crippen LogP contribution is -1.97. The van der Waals surface area contributed by atoms with Crippen LogP contribution in [0.1, 0.15) is 5.56 Å². The molecule has 1 aromatic heterocycles. The third-order valence-corrected chi connectivity index (χ3v) is 3.51. The number of nitrogen functional groups attached to an aromatic ring is 1. The molecule has 17 heavy (non-hydrogen) atoms. The number of hydrogen-bond donors (Lipinski definition) is 1. The van der Waals surface area contributed by atoms with Gasteiger partial charge in [-0.1, -0.05) is 23.9 Å². The quantitative estimate of drug-likeness (QED) is 0.844. The Kier molecular flexibility index (Phi) is 3.49. The Bertz CT molecular complexity index is 531. The van der Waals surface area contributed by atoms with Crippen molar-refractivity contribution in [3.63, 3.8) is 0 Å². The van der Waals surface area contributed by atoms with Gasteiger partial charge < -0.3 is 10.5 Å². The van der Waals surface area contributed by atoms with Crippen LogP contribution in [0.3, 0.4) is 0 Å². The Morgan fingerprint density at radius 2 is 2.00 bits per heavy atom. The fraction of sp³-hybridized carbons (Fsp3) is 0.167. The molecule has 1 heterocycles. The number of nitrogens with zero attached hydrogens (tertiary/aromatic N) is 2. The lowest BCUT2D eigenvalue weighted by Gasteiger charge is -2.09. The molecule has 0 unspecified atom stereocenters. The molecule has 5 heteroatoms. The Labute approximate surface area is 104 Å². The Morgan fingerprint density at radius 1 is 1.24 bits per heavy atom. The summed E-state index contributed by atoms with van der Waals surface area (Å²) in [5.74, 6) is 1.34. The van der Waals surface area contributed by atoms with Crippen molar-refractivity contribution in [2.45, 2.75) is 16.8 Å². The lowest BCUT2D eigenvalue weighted by molar-refractivity contribution is 0.405. The summed E-state index contributed by atoms with van der Waals surface area (Å²) in [6, 6.07) is 7.80. The number of hydrogen-bond acceptors (Lipinski definition) is 5. The van der Waals surface area contributed by atoms with Crippen LogP contribution in [0, 0.1) is 6.92 Å². The van der Waals surface area contributed by atoms with E-state index in [4.69, 9.17) is 10.5 Å². The zero-order valence-corrected chi connectivity index (χ0v) is 10.5. The van der Waals surface area contributed by atoms with Crippen LogP contribution in [0.15, 0.2) is 40.5 Å². The molecule has 2 rings (SSSR count). The van der Waals surface area contributed by atoms with Gasteiger partial charge in [0.2, 0.25) is 0 Å². The van der Waals surface area contributed by atoms with Crippen molar-refractivity contribution in [1.29, 1.82) is 0 Å². The standard InChI is InChI=1S/C12H13N3OS/c1-8-11(13)14-7-15-12(8)17-10-6-4-3-5-9(10)16-2/h3-7H,1-2H3,(H2,13,14,15). The van der Waals surface area contributed by atoms with E-state index in [0.29, 0.717) is 5.82 Å². The Morgan fingerprint density at radius 3 is 2.76 bits per heavy atom. The van der Waals surface area contributed by atoms with Crippen LogP contribution >= 0.6 is 11.8 Å². The highest BCUT2D eigenvalue weighted by Gasteiger charge is 2.09. The highest BCUT2D eigenvalue weighted by atomic mass is 32.2. The van der Waals surface area contributed by atoms with Gasteiger partial charge in [-0.3, -0.25) is 0 Å². The highest BCUT2D eigenvalue weighted by molar-refractivity contribution is 7.99. The summed E-state index contributed by atoms with van der Waals surface area (Å²) in [6.07, 6.45) is 1.47. The van der Waals surface area contributed by atoms with Gasteiger partial charge in [-0.15, -0.1) is 0 Å². The van der Waals surface area contributed by atoms with Gasteiger partial charge >= 0.3 is 0 Å². The molecule has 2 aromatic rings. The van der Waals surface area contributed by atoms with Gasteiger partial charge in [-0.05, 0) is 19.1 Å². The summed E-state index contributed by atoms with van der Waals surface area (Å²) in [7, 11) is 1.65. The van der Waals surface area contributed by atoms with Crippen LogP contribution < -0.4 is 10.5 Å². The maximum Gasteiger partial charge on any atom is 0.132 e. The molecule has 0 amide bonds. The van der Waals surface area contributed by atoms with Gasteiger partial charge in [0.15, 0.2) is 0 Å². The SMILES string of the molecule is COc1ccccc1Sc1ncnc(N)c1C. The normalized spacial score (nSPS) is 10.2. The summed E-state index contributed by atoms with van der Waals surface area (Å²) in [5, 5.41) is 0.849. The smallest absolute Gasteiger partial charge is 0.132 e. The fourth-order valence-corrected chi connectivity index (χ4v) is 2.32. The van der Waals surface area contributed by atoms with Gasteiger partial charge in [0.25, 0.3) is 0 Å². The van der Waals surface area contributed by atoms with E-state index in [1.165, 1.54) is 18.1 Å². The predicted octanol–water partition coefficient (Wildman–Crippen LogP) is 2.53. The maximum absolute atomic E-state index is 5.75. The van der Waals surface area contributed by atoms with Gasteiger partial charge in [0.1, 0.15) is 22.9 Å². The minimum absolute atomic E-state index is 0.511. The average Bonchev–Trinajstić information content (AvgIpc) is 2.35. The Balaban J connectivity index is 2.35. The first-order valence-electron chi connectivity index (χ1n) is 5.10. The van der Waals surface area contributed by atoms with E-state index < -0.39 is 0 Å². The van der Waals surface area contributed by atoms with Gasteiger partial charge in [0.05, 0.1) is 12.0 Å². The molecule has 0 radical (unpaired) electrons. The molecule has 0 fully saturated rings. The van der Waals surface area contributed by atoms with Crippen LogP contribution in [0.5, 0.6) is 5.75 Å². The molecule has 0 aliphatic rings. The van der Waals surface area contributed by atoms with Crippen LogP contribution in [0.2, 0.25) is 0 Å². The predicted molar refractivity (Wildman–Crippen MR) is 68.3 cm³/mol. The molecular formula is C12H13N3OS. The molecule has 4 nitrogen and oxygen atoms in total. The Hall–Kier alpha value is -1.75. The van der Waals surface area contributed by atoms with E-state index in [9.17, 15) is 0 Å². The second kappa shape index (κ2) is 5.05. The molecule has 88 valence electrons. The largest absolute Gasteiger partial charge is 0.496 e. The van der Waals surface area contributed by atoms with Gasteiger partial charge in [-0.25, -0.2) is 9.97 Å². The molecule has 0 aliphatic carbocycles. The minimum Gasteiger partial charge on any atom is -0.496 e. The summed E-state index contributed by atoms with van der Waals surface area (Å²) in [5.41, 5.74) is 6.64. The molecule has 2 N–H and O–H groups in total. The van der Waals surface area contributed by atoms with E-state index in [1.54, 1.807) is 7.11 Å². The molecule has 0 spiro atoms. The van der Waals surface area contributed by atoms with E-state index in [2.05, 4.69) is 9.97 Å². The van der Waals surface area contributed by atoms with E-state index in [0.717, 1.165) is 21.2 Å². The van der Waals surface area contributed by atoms with E-state index in [1.807, 2.05) is 31.2 Å². The van der Waals surface area contributed by atoms with Crippen molar-refractivity contribution < 1.29 is 4.74 Å². The molecule has 0 aliphatic heterocycles. The van der Waals surface area contributed by atoms with E-state index >= 15 is 0 Å². The number of rotatable bonds is 3. The first kappa shape index (κ1) is 11.7. The second-order valence-electron chi connectivity index (χ2n) is 3.44. The number of ether oxygens (including phenoxy) is 1. The fourth-order valence-electron chi connectivity index (χ4n) is 1.36. The third kappa shape index (κ3) is 2.50. The van der Waals surface area contributed by atoms with Crippen molar-refractivity contribution in [1.82, 2.24) is 9.97 Å². The first-order chi connectivity index (χ1) is 8.22. The van der Waals surface area contributed by atoms with Crippen LogP contribution in [0.4, 0.5) is 5.82 Å².